The van der Waals surface area contributed by atoms with Gasteiger partial charge in [-0.15, -0.1) is 0 Å². The number of halogens is 1. The fourth-order valence-electron chi connectivity index (χ4n) is 2.59. The van der Waals surface area contributed by atoms with Crippen LogP contribution in [0, 0.1) is 0 Å². The van der Waals surface area contributed by atoms with E-state index in [1.54, 1.807) is 12.1 Å². The zero-order valence-electron chi connectivity index (χ0n) is 11.9. The summed E-state index contributed by atoms with van der Waals surface area (Å²) in [4.78, 5) is 14.5. The lowest BCUT2D eigenvalue weighted by Crippen LogP contribution is -2.57. The molecule has 4 nitrogen and oxygen atoms in total. The summed E-state index contributed by atoms with van der Waals surface area (Å²) >= 11 is 5.81. The number of rotatable bonds is 3. The molecule has 0 radical (unpaired) electrons. The number of aromatic hydroxyl groups is 1. The van der Waals surface area contributed by atoms with Gasteiger partial charge in [-0.05, 0) is 31.0 Å². The van der Waals surface area contributed by atoms with E-state index in [0.717, 1.165) is 19.4 Å². The Labute approximate surface area is 124 Å². The van der Waals surface area contributed by atoms with Crippen molar-refractivity contribution in [1.29, 1.82) is 0 Å². The van der Waals surface area contributed by atoms with Crippen molar-refractivity contribution in [3.05, 3.63) is 28.8 Å². The van der Waals surface area contributed by atoms with Gasteiger partial charge in [-0.2, -0.15) is 0 Å². The summed E-state index contributed by atoms with van der Waals surface area (Å²) < 4.78 is 0. The van der Waals surface area contributed by atoms with Gasteiger partial charge < -0.3 is 15.3 Å². The minimum Gasteiger partial charge on any atom is -0.507 e. The Balaban J connectivity index is 2.24. The topological polar surface area (TPSA) is 52.6 Å². The van der Waals surface area contributed by atoms with Gasteiger partial charge in [0.05, 0.1) is 5.56 Å². The second-order valence-electron chi connectivity index (χ2n) is 5.19. The lowest BCUT2D eigenvalue weighted by atomic mass is 10.0. The summed E-state index contributed by atoms with van der Waals surface area (Å²) in [5.74, 6) is -0.171. The molecule has 0 spiro atoms. The van der Waals surface area contributed by atoms with Crippen LogP contribution in [0.2, 0.25) is 5.02 Å². The van der Waals surface area contributed by atoms with Gasteiger partial charge in [0, 0.05) is 30.2 Å². The lowest BCUT2D eigenvalue weighted by molar-refractivity contribution is 0.0573. The largest absolute Gasteiger partial charge is 0.507 e. The number of hydrogen-bond donors (Lipinski definition) is 2. The van der Waals surface area contributed by atoms with Crippen molar-refractivity contribution < 1.29 is 9.90 Å². The Morgan fingerprint density at radius 1 is 1.45 bits per heavy atom. The van der Waals surface area contributed by atoms with Crippen molar-refractivity contribution >= 4 is 17.5 Å². The molecule has 0 bridgehead atoms. The van der Waals surface area contributed by atoms with E-state index in [0.29, 0.717) is 23.2 Å². The van der Waals surface area contributed by atoms with Gasteiger partial charge in [-0.1, -0.05) is 25.4 Å². The number of benzene rings is 1. The van der Waals surface area contributed by atoms with Gasteiger partial charge in [-0.25, -0.2) is 0 Å². The molecule has 110 valence electrons. The van der Waals surface area contributed by atoms with Gasteiger partial charge in [0.15, 0.2) is 0 Å². The molecule has 20 heavy (non-hydrogen) atoms. The van der Waals surface area contributed by atoms with E-state index in [1.807, 2.05) is 4.90 Å². The Bertz CT molecular complexity index is 493. The van der Waals surface area contributed by atoms with Crippen molar-refractivity contribution in [3.63, 3.8) is 0 Å². The average Bonchev–Trinajstić information content (AvgIpc) is 2.46. The summed E-state index contributed by atoms with van der Waals surface area (Å²) in [6.07, 6.45) is 1.87. The van der Waals surface area contributed by atoms with Crippen molar-refractivity contribution in [1.82, 2.24) is 10.2 Å². The van der Waals surface area contributed by atoms with E-state index in [4.69, 9.17) is 11.6 Å². The molecule has 2 unspecified atom stereocenters. The number of carbonyl (C=O) groups is 1. The number of carbonyl (C=O) groups excluding carboxylic acids is 1. The fraction of sp³-hybridized carbons (Fsp3) is 0.533. The monoisotopic (exact) mass is 296 g/mol. The highest BCUT2D eigenvalue weighted by atomic mass is 35.5. The number of hydrogen-bond acceptors (Lipinski definition) is 3. The highest BCUT2D eigenvalue weighted by molar-refractivity contribution is 6.30. The van der Waals surface area contributed by atoms with Crippen molar-refractivity contribution in [2.75, 3.05) is 13.1 Å². The normalized spacial score (nSPS) is 22.9. The molecule has 0 saturated carbocycles. The smallest absolute Gasteiger partial charge is 0.257 e. The molecule has 1 fully saturated rings. The van der Waals surface area contributed by atoms with Crippen LogP contribution in [0.4, 0.5) is 0 Å². The zero-order valence-corrected chi connectivity index (χ0v) is 12.7. The minimum atomic E-state index is -0.119. The number of piperazine rings is 1. The number of phenols is 1. The summed E-state index contributed by atoms with van der Waals surface area (Å²) in [5, 5.41) is 13.8. The van der Waals surface area contributed by atoms with Crippen LogP contribution in [-0.2, 0) is 0 Å². The van der Waals surface area contributed by atoms with Crippen LogP contribution in [0.1, 0.15) is 37.0 Å². The van der Waals surface area contributed by atoms with Crippen LogP contribution < -0.4 is 5.32 Å². The molecule has 2 N–H and O–H groups in total. The van der Waals surface area contributed by atoms with E-state index in [-0.39, 0.29) is 17.7 Å². The highest BCUT2D eigenvalue weighted by Crippen LogP contribution is 2.25. The van der Waals surface area contributed by atoms with E-state index in [9.17, 15) is 9.90 Å². The molecule has 2 rings (SSSR count). The third-order valence-electron chi connectivity index (χ3n) is 3.92. The maximum Gasteiger partial charge on any atom is 0.257 e. The molecule has 1 aliphatic heterocycles. The van der Waals surface area contributed by atoms with E-state index in [2.05, 4.69) is 19.2 Å². The van der Waals surface area contributed by atoms with Crippen molar-refractivity contribution in [2.45, 2.75) is 38.8 Å². The average molecular weight is 297 g/mol. The second-order valence-corrected chi connectivity index (χ2v) is 5.63. The zero-order chi connectivity index (χ0) is 14.7. The predicted octanol–water partition coefficient (Wildman–Crippen LogP) is 2.65. The molecule has 0 aliphatic carbocycles. The Morgan fingerprint density at radius 2 is 2.20 bits per heavy atom. The van der Waals surface area contributed by atoms with Crippen molar-refractivity contribution in [3.8, 4) is 5.75 Å². The molecular formula is C15H21ClN2O2. The molecule has 5 heteroatoms. The fourth-order valence-corrected chi connectivity index (χ4v) is 2.76. The number of phenolic OH excluding ortho intramolecular Hbond substituents is 1. The van der Waals surface area contributed by atoms with Crippen LogP contribution >= 0.6 is 11.6 Å². The van der Waals surface area contributed by atoms with Gasteiger partial charge >= 0.3 is 0 Å². The number of amides is 1. The van der Waals surface area contributed by atoms with Crippen LogP contribution in [0.25, 0.3) is 0 Å². The quantitative estimate of drug-likeness (QED) is 0.901. The van der Waals surface area contributed by atoms with Crippen LogP contribution in [-0.4, -0.2) is 41.1 Å². The third kappa shape index (κ3) is 3.07. The summed E-state index contributed by atoms with van der Waals surface area (Å²) in [7, 11) is 0. The molecule has 1 aromatic carbocycles. The lowest BCUT2D eigenvalue weighted by Gasteiger charge is -2.40. The van der Waals surface area contributed by atoms with Crippen LogP contribution in [0.15, 0.2) is 18.2 Å². The Hall–Kier alpha value is -1.26. The third-order valence-corrected chi connectivity index (χ3v) is 4.15. The maximum atomic E-state index is 12.7. The summed E-state index contributed by atoms with van der Waals surface area (Å²) in [6.45, 7) is 5.65. The standard InChI is InChI=1S/C15H21ClN2O2/c1-3-11-9-18(12(4-2)8-17-11)15(20)13-6-5-10(16)7-14(13)19/h5-7,11-12,17,19H,3-4,8-9H2,1-2H3. The van der Waals surface area contributed by atoms with Crippen LogP contribution in [0.3, 0.4) is 0 Å². The first-order chi connectivity index (χ1) is 9.56. The van der Waals surface area contributed by atoms with Gasteiger partial charge in [0.1, 0.15) is 5.75 Å². The molecule has 2 atom stereocenters. The number of nitrogens with one attached hydrogen (secondary N) is 1. The molecule has 0 aromatic heterocycles. The molecule has 1 heterocycles. The molecule has 1 saturated heterocycles. The minimum absolute atomic E-state index is 0.0519. The second kappa shape index (κ2) is 6.46. The first-order valence-electron chi connectivity index (χ1n) is 7.09. The van der Waals surface area contributed by atoms with Gasteiger partial charge in [0.2, 0.25) is 0 Å². The van der Waals surface area contributed by atoms with Crippen LogP contribution in [0.5, 0.6) is 5.75 Å². The first-order valence-corrected chi connectivity index (χ1v) is 7.47. The molecule has 1 amide bonds. The maximum absolute atomic E-state index is 12.7. The Morgan fingerprint density at radius 3 is 2.80 bits per heavy atom. The molecule has 1 aromatic rings. The van der Waals surface area contributed by atoms with Gasteiger partial charge in [0.25, 0.3) is 5.91 Å². The highest BCUT2D eigenvalue weighted by Gasteiger charge is 2.31. The van der Waals surface area contributed by atoms with Gasteiger partial charge in [-0.3, -0.25) is 4.79 Å². The summed E-state index contributed by atoms with van der Waals surface area (Å²) in [5.41, 5.74) is 0.324. The number of nitrogens with zero attached hydrogens (tertiary/aromatic N) is 1. The van der Waals surface area contributed by atoms with Crippen molar-refractivity contribution in [2.24, 2.45) is 0 Å². The molecule has 1 aliphatic rings. The van der Waals surface area contributed by atoms with E-state index >= 15 is 0 Å². The predicted molar refractivity (Wildman–Crippen MR) is 80.3 cm³/mol. The summed E-state index contributed by atoms with van der Waals surface area (Å²) in [6, 6.07) is 5.12. The first kappa shape index (κ1) is 15.1. The SMILES string of the molecule is CCC1CN(C(=O)c2ccc(Cl)cc2O)C(CC)CN1. The van der Waals surface area contributed by atoms with E-state index in [1.165, 1.54) is 6.07 Å². The van der Waals surface area contributed by atoms with E-state index < -0.39 is 0 Å². The molecular weight excluding hydrogens is 276 g/mol. The Kier molecular flexibility index (Phi) is 4.89.